The number of rotatable bonds is 6. The van der Waals surface area contributed by atoms with Gasteiger partial charge in [-0.25, -0.2) is 9.49 Å². The van der Waals surface area contributed by atoms with Crippen LogP contribution in [0.15, 0.2) is 24.3 Å². The molecule has 1 aromatic carbocycles. The lowest BCUT2D eigenvalue weighted by atomic mass is 10.3. The number of ether oxygens (including phenoxy) is 2. The van der Waals surface area contributed by atoms with E-state index in [0.717, 1.165) is 0 Å². The molecule has 0 bridgehead atoms. The number of halogens is 1. The van der Waals surface area contributed by atoms with Crippen molar-refractivity contribution in [2.24, 2.45) is 0 Å². The maximum atomic E-state index is 13.4. The molecule has 1 unspecified atom stereocenters. The minimum atomic E-state index is -0.900. The molecule has 0 saturated carbocycles. The minimum Gasteiger partial charge on any atom is -0.478 e. The number of hydrogen-bond acceptors (Lipinski definition) is 5. The van der Waals surface area contributed by atoms with Crippen LogP contribution in [-0.2, 0) is 4.79 Å². The highest BCUT2D eigenvalue weighted by molar-refractivity contribution is 5.92. The number of para-hydroxylation sites is 1. The Hall–Kier alpha value is -2.64. The highest BCUT2D eigenvalue weighted by atomic mass is 19.1. The Bertz CT molecular complexity index is 617. The van der Waals surface area contributed by atoms with Gasteiger partial charge in [-0.2, -0.15) is 4.98 Å². The molecule has 0 saturated heterocycles. The first-order valence-electron chi connectivity index (χ1n) is 6.37. The molecule has 2 rings (SSSR count). The van der Waals surface area contributed by atoms with E-state index in [2.05, 4.69) is 20.5 Å². The van der Waals surface area contributed by atoms with Crippen molar-refractivity contribution in [2.75, 3.05) is 11.9 Å². The van der Waals surface area contributed by atoms with Crippen LogP contribution in [0.25, 0.3) is 0 Å². The summed E-state index contributed by atoms with van der Waals surface area (Å²) >= 11 is 0. The quantitative estimate of drug-likeness (QED) is 0.847. The second-order valence-electron chi connectivity index (χ2n) is 4.08. The lowest BCUT2D eigenvalue weighted by Crippen LogP contribution is -2.30. The summed E-state index contributed by atoms with van der Waals surface area (Å²) < 4.78 is 23.7. The molecule has 21 heavy (non-hydrogen) atoms. The van der Waals surface area contributed by atoms with Gasteiger partial charge < -0.3 is 9.47 Å². The standard InChI is InChI=1S/C13H15FN4O3/c1-3-20-13-16-12(17-18-13)15-11(19)8(2)21-10-7-5-4-6-9(10)14/h4-8H,3H2,1-2H3,(H2,15,16,17,18,19). The largest absolute Gasteiger partial charge is 0.478 e. The molecule has 0 aliphatic carbocycles. The van der Waals surface area contributed by atoms with Crippen LogP contribution >= 0.6 is 0 Å². The van der Waals surface area contributed by atoms with E-state index in [-0.39, 0.29) is 17.7 Å². The first kappa shape index (κ1) is 14.8. The fraction of sp³-hybridized carbons (Fsp3) is 0.308. The van der Waals surface area contributed by atoms with Gasteiger partial charge >= 0.3 is 6.01 Å². The molecule has 0 spiro atoms. The van der Waals surface area contributed by atoms with Gasteiger partial charge in [-0.1, -0.05) is 12.1 Å². The number of amides is 1. The molecule has 2 N–H and O–H groups in total. The van der Waals surface area contributed by atoms with Gasteiger partial charge in [0.15, 0.2) is 17.7 Å². The molecule has 112 valence electrons. The second-order valence-corrected chi connectivity index (χ2v) is 4.08. The number of carbonyl (C=O) groups excluding carboxylic acids is 1. The van der Waals surface area contributed by atoms with Crippen molar-refractivity contribution in [3.8, 4) is 11.8 Å². The summed E-state index contributed by atoms with van der Waals surface area (Å²) in [4.78, 5) is 15.8. The summed E-state index contributed by atoms with van der Waals surface area (Å²) in [6, 6.07) is 5.99. The highest BCUT2D eigenvalue weighted by Gasteiger charge is 2.18. The first-order valence-corrected chi connectivity index (χ1v) is 6.37. The fourth-order valence-corrected chi connectivity index (χ4v) is 1.50. The average Bonchev–Trinajstić information content (AvgIpc) is 2.89. The maximum Gasteiger partial charge on any atom is 0.337 e. The molecule has 2 aromatic rings. The summed E-state index contributed by atoms with van der Waals surface area (Å²) in [7, 11) is 0. The third kappa shape index (κ3) is 3.91. The van der Waals surface area contributed by atoms with Crippen LogP contribution in [0.4, 0.5) is 10.3 Å². The van der Waals surface area contributed by atoms with Crippen molar-refractivity contribution in [3.05, 3.63) is 30.1 Å². The van der Waals surface area contributed by atoms with Crippen LogP contribution in [0.5, 0.6) is 11.8 Å². The summed E-state index contributed by atoms with van der Waals surface area (Å²) in [6.45, 7) is 3.71. The van der Waals surface area contributed by atoms with E-state index < -0.39 is 17.8 Å². The van der Waals surface area contributed by atoms with E-state index in [1.165, 1.54) is 25.1 Å². The minimum absolute atomic E-state index is 0.00715. The zero-order valence-corrected chi connectivity index (χ0v) is 11.6. The Morgan fingerprint density at radius 3 is 2.95 bits per heavy atom. The number of carbonyl (C=O) groups is 1. The zero-order valence-electron chi connectivity index (χ0n) is 11.6. The lowest BCUT2D eigenvalue weighted by Gasteiger charge is -2.13. The van der Waals surface area contributed by atoms with Gasteiger partial charge in [-0.05, 0) is 26.0 Å². The summed E-state index contributed by atoms with van der Waals surface area (Å²) in [5, 5.41) is 8.71. The number of nitrogens with one attached hydrogen (secondary N) is 2. The van der Waals surface area contributed by atoms with Crippen LogP contribution in [-0.4, -0.2) is 33.8 Å². The Kier molecular flexibility index (Phi) is 4.70. The molecule has 0 fully saturated rings. The molecule has 0 aliphatic rings. The number of aromatic nitrogens is 3. The number of nitrogens with zero attached hydrogens (tertiary/aromatic N) is 2. The van der Waals surface area contributed by atoms with Gasteiger partial charge in [0.25, 0.3) is 5.91 Å². The Balaban J connectivity index is 1.94. The van der Waals surface area contributed by atoms with Crippen molar-refractivity contribution in [2.45, 2.75) is 20.0 Å². The average molecular weight is 294 g/mol. The van der Waals surface area contributed by atoms with Gasteiger partial charge in [-0.15, -0.1) is 5.10 Å². The number of benzene rings is 1. The highest BCUT2D eigenvalue weighted by Crippen LogP contribution is 2.17. The van der Waals surface area contributed by atoms with Crippen molar-refractivity contribution in [1.29, 1.82) is 0 Å². The summed E-state index contributed by atoms with van der Waals surface area (Å²) in [6.07, 6.45) is -0.900. The van der Waals surface area contributed by atoms with Crippen LogP contribution < -0.4 is 14.8 Å². The summed E-state index contributed by atoms with van der Waals surface area (Å²) in [5.41, 5.74) is 0. The number of anilines is 1. The monoisotopic (exact) mass is 294 g/mol. The molecular weight excluding hydrogens is 279 g/mol. The maximum absolute atomic E-state index is 13.4. The topological polar surface area (TPSA) is 89.1 Å². The molecule has 1 aromatic heterocycles. The van der Waals surface area contributed by atoms with E-state index in [0.29, 0.717) is 6.61 Å². The number of aromatic amines is 1. The van der Waals surface area contributed by atoms with Crippen LogP contribution in [0, 0.1) is 5.82 Å². The fourth-order valence-electron chi connectivity index (χ4n) is 1.50. The van der Waals surface area contributed by atoms with E-state index in [9.17, 15) is 9.18 Å². The Labute approximate surface area is 120 Å². The third-order valence-corrected chi connectivity index (χ3v) is 2.49. The molecule has 0 aliphatic heterocycles. The van der Waals surface area contributed by atoms with Crippen molar-refractivity contribution < 1.29 is 18.7 Å². The summed E-state index contributed by atoms with van der Waals surface area (Å²) in [5.74, 6) is -0.881. The lowest BCUT2D eigenvalue weighted by molar-refractivity contribution is -0.122. The number of H-pyrrole nitrogens is 1. The van der Waals surface area contributed by atoms with E-state index in [1.54, 1.807) is 13.0 Å². The van der Waals surface area contributed by atoms with Gasteiger partial charge in [0, 0.05) is 0 Å². The predicted octanol–water partition coefficient (Wildman–Crippen LogP) is 1.75. The van der Waals surface area contributed by atoms with E-state index >= 15 is 0 Å². The van der Waals surface area contributed by atoms with E-state index in [4.69, 9.17) is 9.47 Å². The van der Waals surface area contributed by atoms with Crippen LogP contribution in [0.2, 0.25) is 0 Å². The molecule has 0 radical (unpaired) electrons. The van der Waals surface area contributed by atoms with Crippen molar-refractivity contribution in [3.63, 3.8) is 0 Å². The second kappa shape index (κ2) is 6.69. The van der Waals surface area contributed by atoms with Gasteiger partial charge in [0.2, 0.25) is 5.95 Å². The Morgan fingerprint density at radius 2 is 2.24 bits per heavy atom. The normalized spacial score (nSPS) is 11.8. The van der Waals surface area contributed by atoms with Crippen molar-refractivity contribution >= 4 is 11.9 Å². The zero-order chi connectivity index (χ0) is 15.2. The number of hydrogen-bond donors (Lipinski definition) is 2. The van der Waals surface area contributed by atoms with Gasteiger partial charge in [0.1, 0.15) is 0 Å². The third-order valence-electron chi connectivity index (χ3n) is 2.49. The molecule has 1 heterocycles. The van der Waals surface area contributed by atoms with E-state index in [1.807, 2.05) is 0 Å². The van der Waals surface area contributed by atoms with Crippen LogP contribution in [0.1, 0.15) is 13.8 Å². The van der Waals surface area contributed by atoms with Gasteiger partial charge in [0.05, 0.1) is 6.61 Å². The molecule has 1 amide bonds. The predicted molar refractivity (Wildman–Crippen MR) is 72.7 cm³/mol. The molecular formula is C13H15FN4O3. The Morgan fingerprint density at radius 1 is 1.48 bits per heavy atom. The first-order chi connectivity index (χ1) is 10.1. The van der Waals surface area contributed by atoms with Crippen molar-refractivity contribution in [1.82, 2.24) is 15.2 Å². The molecule has 8 heteroatoms. The molecule has 1 atom stereocenters. The van der Waals surface area contributed by atoms with Gasteiger partial charge in [-0.3, -0.25) is 10.1 Å². The smallest absolute Gasteiger partial charge is 0.337 e. The molecule has 7 nitrogen and oxygen atoms in total. The SMILES string of the molecule is CCOc1n[nH]c(NC(=O)C(C)Oc2ccccc2F)n1. The van der Waals surface area contributed by atoms with Crippen LogP contribution in [0.3, 0.4) is 0 Å².